The third-order valence-corrected chi connectivity index (χ3v) is 3.73. The highest BCUT2D eigenvalue weighted by molar-refractivity contribution is 5.58. The molecule has 1 heterocycles. The zero-order valence-electron chi connectivity index (χ0n) is 10.2. The Hall–Kier alpha value is -0.370. The van der Waals surface area contributed by atoms with E-state index in [-0.39, 0.29) is 11.2 Å². The summed E-state index contributed by atoms with van der Waals surface area (Å²) in [4.78, 5) is 10.7. The molecule has 1 aliphatic heterocycles. The second-order valence-corrected chi connectivity index (χ2v) is 6.49. The molecule has 0 aromatic heterocycles. The van der Waals surface area contributed by atoms with Gasteiger partial charge >= 0.3 is 0 Å². The fourth-order valence-corrected chi connectivity index (χ4v) is 3.40. The lowest BCUT2D eigenvalue weighted by atomic mass is 9.78. The fourth-order valence-electron chi connectivity index (χ4n) is 3.40. The molecule has 86 valence electrons. The zero-order valence-corrected chi connectivity index (χ0v) is 10.2. The van der Waals surface area contributed by atoms with Crippen LogP contribution in [0.15, 0.2) is 0 Å². The summed E-state index contributed by atoms with van der Waals surface area (Å²) in [5.41, 5.74) is -0.0507. The number of carbonyl (C=O) groups excluding carboxylic acids is 1. The summed E-state index contributed by atoms with van der Waals surface area (Å²) in [6, 6.07) is 0. The fraction of sp³-hybridized carbons (Fsp3) is 0.923. The normalized spacial score (nSPS) is 38.7. The second kappa shape index (κ2) is 3.31. The number of hydrogen-bond acceptors (Lipinski definition) is 2. The lowest BCUT2D eigenvalue weighted by molar-refractivity contribution is -0.175. The van der Waals surface area contributed by atoms with Crippen molar-refractivity contribution in [2.24, 2.45) is 17.8 Å². The van der Waals surface area contributed by atoms with Crippen molar-refractivity contribution >= 4 is 6.29 Å². The molecule has 0 spiro atoms. The van der Waals surface area contributed by atoms with Crippen LogP contribution in [0, 0.1) is 17.8 Å². The SMILES string of the molecule is CC1(C)CC([C@H]2C[C@@H]2C=O)CC(C)(C)O1. The van der Waals surface area contributed by atoms with Gasteiger partial charge in [-0.15, -0.1) is 0 Å². The Bertz CT molecular complexity index is 252. The molecule has 2 fully saturated rings. The van der Waals surface area contributed by atoms with Gasteiger partial charge in [-0.2, -0.15) is 0 Å². The highest BCUT2D eigenvalue weighted by Crippen LogP contribution is 2.52. The molecule has 2 aliphatic rings. The molecule has 15 heavy (non-hydrogen) atoms. The molecule has 0 unspecified atom stereocenters. The minimum atomic E-state index is -0.0254. The lowest BCUT2D eigenvalue weighted by Crippen LogP contribution is -2.45. The molecular formula is C13H22O2. The van der Waals surface area contributed by atoms with E-state index in [2.05, 4.69) is 27.7 Å². The van der Waals surface area contributed by atoms with Crippen LogP contribution in [0.3, 0.4) is 0 Å². The van der Waals surface area contributed by atoms with E-state index in [0.29, 0.717) is 17.8 Å². The van der Waals surface area contributed by atoms with E-state index in [4.69, 9.17) is 4.74 Å². The number of aldehydes is 1. The first-order valence-electron chi connectivity index (χ1n) is 5.98. The van der Waals surface area contributed by atoms with Gasteiger partial charge in [0, 0.05) is 5.92 Å². The van der Waals surface area contributed by atoms with E-state index in [1.807, 2.05) is 0 Å². The average molecular weight is 210 g/mol. The number of rotatable bonds is 2. The van der Waals surface area contributed by atoms with Gasteiger partial charge in [0.25, 0.3) is 0 Å². The van der Waals surface area contributed by atoms with Crippen molar-refractivity contribution in [3.63, 3.8) is 0 Å². The molecule has 1 aliphatic carbocycles. The van der Waals surface area contributed by atoms with E-state index in [0.717, 1.165) is 25.5 Å². The van der Waals surface area contributed by atoms with Crippen LogP contribution in [0.4, 0.5) is 0 Å². The topological polar surface area (TPSA) is 26.3 Å². The summed E-state index contributed by atoms with van der Waals surface area (Å²) in [7, 11) is 0. The molecule has 0 aromatic rings. The van der Waals surface area contributed by atoms with Gasteiger partial charge in [-0.3, -0.25) is 0 Å². The van der Waals surface area contributed by atoms with Crippen molar-refractivity contribution in [1.82, 2.24) is 0 Å². The first-order valence-corrected chi connectivity index (χ1v) is 5.98. The van der Waals surface area contributed by atoms with Crippen molar-refractivity contribution in [2.45, 2.75) is 58.2 Å². The van der Waals surface area contributed by atoms with Crippen molar-refractivity contribution in [1.29, 1.82) is 0 Å². The van der Waals surface area contributed by atoms with E-state index in [1.54, 1.807) is 0 Å². The van der Waals surface area contributed by atoms with Crippen LogP contribution in [0.1, 0.15) is 47.0 Å². The summed E-state index contributed by atoms with van der Waals surface area (Å²) in [5.74, 6) is 1.67. The van der Waals surface area contributed by atoms with Crippen LogP contribution in [-0.2, 0) is 9.53 Å². The minimum absolute atomic E-state index is 0.0254. The standard InChI is InChI=1S/C13H22O2/c1-12(2)6-10(7-13(3,4)15-12)11-5-9(11)8-14/h8-11H,5-7H2,1-4H3/t9-,11+/m1/s1. The third-order valence-electron chi connectivity index (χ3n) is 3.73. The summed E-state index contributed by atoms with van der Waals surface area (Å²) in [6.45, 7) is 8.66. The Balaban J connectivity index is 2.04. The van der Waals surface area contributed by atoms with Crippen molar-refractivity contribution in [2.75, 3.05) is 0 Å². The predicted octanol–water partition coefficient (Wildman–Crippen LogP) is 2.81. The Kier molecular flexibility index (Phi) is 2.45. The van der Waals surface area contributed by atoms with Crippen LogP contribution in [0.25, 0.3) is 0 Å². The number of carbonyl (C=O) groups is 1. The maximum absolute atomic E-state index is 10.7. The summed E-state index contributed by atoms with van der Waals surface area (Å²) >= 11 is 0. The van der Waals surface area contributed by atoms with Crippen LogP contribution >= 0.6 is 0 Å². The first-order chi connectivity index (χ1) is 6.83. The molecule has 1 saturated carbocycles. The monoisotopic (exact) mass is 210 g/mol. The van der Waals surface area contributed by atoms with Gasteiger partial charge < -0.3 is 9.53 Å². The Labute approximate surface area is 92.4 Å². The van der Waals surface area contributed by atoms with Gasteiger partial charge in [0.1, 0.15) is 6.29 Å². The van der Waals surface area contributed by atoms with Gasteiger partial charge in [0.2, 0.25) is 0 Å². The highest BCUT2D eigenvalue weighted by atomic mass is 16.5. The van der Waals surface area contributed by atoms with Crippen LogP contribution in [0.2, 0.25) is 0 Å². The van der Waals surface area contributed by atoms with Crippen molar-refractivity contribution < 1.29 is 9.53 Å². The molecular weight excluding hydrogens is 188 g/mol. The highest BCUT2D eigenvalue weighted by Gasteiger charge is 2.49. The molecule has 2 heteroatoms. The van der Waals surface area contributed by atoms with Crippen LogP contribution in [0.5, 0.6) is 0 Å². The van der Waals surface area contributed by atoms with E-state index >= 15 is 0 Å². The minimum Gasteiger partial charge on any atom is -0.370 e. The molecule has 0 radical (unpaired) electrons. The largest absolute Gasteiger partial charge is 0.370 e. The van der Waals surface area contributed by atoms with Gasteiger partial charge in [-0.25, -0.2) is 0 Å². The molecule has 0 amide bonds. The van der Waals surface area contributed by atoms with Gasteiger partial charge in [0.05, 0.1) is 11.2 Å². The van der Waals surface area contributed by atoms with Crippen LogP contribution < -0.4 is 0 Å². The molecule has 0 bridgehead atoms. The third kappa shape index (κ3) is 2.41. The van der Waals surface area contributed by atoms with E-state index in [9.17, 15) is 4.79 Å². The second-order valence-electron chi connectivity index (χ2n) is 6.49. The Morgan fingerprint density at radius 2 is 1.67 bits per heavy atom. The Morgan fingerprint density at radius 3 is 2.07 bits per heavy atom. The zero-order chi connectivity index (χ0) is 11.3. The molecule has 2 nitrogen and oxygen atoms in total. The average Bonchev–Trinajstić information content (AvgIpc) is 2.75. The van der Waals surface area contributed by atoms with Crippen molar-refractivity contribution in [3.05, 3.63) is 0 Å². The van der Waals surface area contributed by atoms with E-state index < -0.39 is 0 Å². The lowest BCUT2D eigenvalue weighted by Gasteiger charge is -2.45. The summed E-state index contributed by atoms with van der Waals surface area (Å²) in [5, 5.41) is 0. The predicted molar refractivity (Wildman–Crippen MR) is 59.6 cm³/mol. The smallest absolute Gasteiger partial charge is 0.123 e. The van der Waals surface area contributed by atoms with Crippen LogP contribution in [-0.4, -0.2) is 17.5 Å². The molecule has 0 aromatic carbocycles. The summed E-state index contributed by atoms with van der Waals surface area (Å²) < 4.78 is 6.05. The van der Waals surface area contributed by atoms with Crippen molar-refractivity contribution in [3.8, 4) is 0 Å². The molecule has 0 N–H and O–H groups in total. The quantitative estimate of drug-likeness (QED) is 0.655. The maximum atomic E-state index is 10.7. The summed E-state index contributed by atoms with van der Waals surface area (Å²) in [6.07, 6.45) is 4.46. The number of hydrogen-bond donors (Lipinski definition) is 0. The molecule has 2 rings (SSSR count). The molecule has 2 atom stereocenters. The number of ether oxygens (including phenoxy) is 1. The Morgan fingerprint density at radius 1 is 1.13 bits per heavy atom. The first kappa shape index (κ1) is 11.1. The molecule has 1 saturated heterocycles. The maximum Gasteiger partial charge on any atom is 0.123 e. The van der Waals surface area contributed by atoms with Gasteiger partial charge in [-0.1, -0.05) is 0 Å². The van der Waals surface area contributed by atoms with Gasteiger partial charge in [-0.05, 0) is 58.8 Å². The van der Waals surface area contributed by atoms with E-state index in [1.165, 1.54) is 0 Å². The van der Waals surface area contributed by atoms with Gasteiger partial charge in [0.15, 0.2) is 0 Å².